The van der Waals surface area contributed by atoms with Gasteiger partial charge in [0.15, 0.2) is 0 Å². The molecular formula is C11H15N5S. The van der Waals surface area contributed by atoms with Crippen LogP contribution in [0.1, 0.15) is 16.7 Å². The van der Waals surface area contributed by atoms with Gasteiger partial charge in [-0.05, 0) is 35.7 Å². The molecule has 0 unspecified atom stereocenters. The first kappa shape index (κ1) is 11.8. The van der Waals surface area contributed by atoms with Gasteiger partial charge in [0.1, 0.15) is 5.82 Å². The van der Waals surface area contributed by atoms with E-state index in [4.69, 9.17) is 5.84 Å². The predicted octanol–water partition coefficient (Wildman–Crippen LogP) is 2.05. The Balaban J connectivity index is 2.11. The number of hydrogen-bond acceptors (Lipinski definition) is 6. The molecule has 2 aromatic rings. The molecule has 5 nitrogen and oxygen atoms in total. The molecule has 17 heavy (non-hydrogen) atoms. The smallest absolute Gasteiger partial charge is 0.239 e. The molecule has 2 rings (SSSR count). The summed E-state index contributed by atoms with van der Waals surface area (Å²) in [6.45, 7) is 4.83. The summed E-state index contributed by atoms with van der Waals surface area (Å²) in [6, 6.07) is 0. The van der Waals surface area contributed by atoms with Crippen LogP contribution in [0.25, 0.3) is 0 Å². The molecular weight excluding hydrogens is 234 g/mol. The Morgan fingerprint density at radius 2 is 2.12 bits per heavy atom. The second kappa shape index (κ2) is 5.11. The summed E-state index contributed by atoms with van der Waals surface area (Å²) >= 11 is 1.71. The third-order valence-electron chi connectivity index (χ3n) is 2.51. The fourth-order valence-corrected chi connectivity index (χ4v) is 2.29. The van der Waals surface area contributed by atoms with Crippen LogP contribution in [0.2, 0.25) is 0 Å². The van der Waals surface area contributed by atoms with Gasteiger partial charge in [-0.2, -0.15) is 16.3 Å². The van der Waals surface area contributed by atoms with Crippen molar-refractivity contribution in [2.24, 2.45) is 5.84 Å². The fraction of sp³-hybridized carbons (Fsp3) is 0.273. The summed E-state index contributed by atoms with van der Waals surface area (Å²) in [4.78, 5) is 8.30. The van der Waals surface area contributed by atoms with Crippen molar-refractivity contribution in [3.8, 4) is 0 Å². The monoisotopic (exact) mass is 249 g/mol. The number of hydrazine groups is 1. The summed E-state index contributed by atoms with van der Waals surface area (Å²) in [7, 11) is 0. The Hall–Kier alpha value is -1.66. The van der Waals surface area contributed by atoms with Gasteiger partial charge in [-0.3, -0.25) is 5.43 Å². The van der Waals surface area contributed by atoms with Crippen LogP contribution in [-0.2, 0) is 6.54 Å². The first-order valence-electron chi connectivity index (χ1n) is 5.26. The van der Waals surface area contributed by atoms with Gasteiger partial charge in [0.2, 0.25) is 5.95 Å². The SMILES string of the molecule is Cc1cscc1CNc1nc(NN)ncc1C. The number of nitrogen functional groups attached to an aromatic ring is 1. The van der Waals surface area contributed by atoms with Crippen LogP contribution in [0.15, 0.2) is 17.0 Å². The van der Waals surface area contributed by atoms with Crippen molar-refractivity contribution in [3.05, 3.63) is 33.6 Å². The first-order chi connectivity index (χ1) is 8.20. The fourth-order valence-electron chi connectivity index (χ4n) is 1.44. The van der Waals surface area contributed by atoms with E-state index in [0.29, 0.717) is 5.95 Å². The zero-order valence-electron chi connectivity index (χ0n) is 9.82. The van der Waals surface area contributed by atoms with E-state index in [-0.39, 0.29) is 0 Å². The zero-order chi connectivity index (χ0) is 12.3. The van der Waals surface area contributed by atoms with Crippen LogP contribution in [0.3, 0.4) is 0 Å². The predicted molar refractivity (Wildman–Crippen MR) is 71.0 cm³/mol. The van der Waals surface area contributed by atoms with Crippen molar-refractivity contribution in [3.63, 3.8) is 0 Å². The van der Waals surface area contributed by atoms with E-state index in [0.717, 1.165) is 17.9 Å². The Morgan fingerprint density at radius 3 is 2.76 bits per heavy atom. The second-order valence-electron chi connectivity index (χ2n) is 3.80. The van der Waals surface area contributed by atoms with E-state index in [9.17, 15) is 0 Å². The topological polar surface area (TPSA) is 75.9 Å². The van der Waals surface area contributed by atoms with E-state index in [1.165, 1.54) is 11.1 Å². The van der Waals surface area contributed by atoms with E-state index in [2.05, 4.69) is 38.4 Å². The average Bonchev–Trinajstić information content (AvgIpc) is 2.74. The third kappa shape index (κ3) is 2.72. The van der Waals surface area contributed by atoms with Gasteiger partial charge in [-0.15, -0.1) is 0 Å². The minimum Gasteiger partial charge on any atom is -0.366 e. The van der Waals surface area contributed by atoms with Crippen LogP contribution in [0.5, 0.6) is 0 Å². The molecule has 0 aliphatic heterocycles. The van der Waals surface area contributed by atoms with Crippen molar-refractivity contribution >= 4 is 23.1 Å². The number of anilines is 2. The molecule has 0 saturated heterocycles. The van der Waals surface area contributed by atoms with Crippen molar-refractivity contribution in [1.29, 1.82) is 0 Å². The number of rotatable bonds is 4. The summed E-state index contributed by atoms with van der Waals surface area (Å²) in [5.41, 5.74) is 6.02. The van der Waals surface area contributed by atoms with Crippen molar-refractivity contribution in [2.75, 3.05) is 10.7 Å². The minimum atomic E-state index is 0.417. The number of nitrogens with one attached hydrogen (secondary N) is 2. The maximum Gasteiger partial charge on any atom is 0.239 e. The number of aromatic nitrogens is 2. The lowest BCUT2D eigenvalue weighted by Crippen LogP contribution is -2.12. The summed E-state index contributed by atoms with van der Waals surface area (Å²) < 4.78 is 0. The van der Waals surface area contributed by atoms with E-state index in [1.54, 1.807) is 17.5 Å². The molecule has 0 aliphatic carbocycles. The van der Waals surface area contributed by atoms with Crippen molar-refractivity contribution < 1.29 is 0 Å². The number of nitrogens with zero attached hydrogens (tertiary/aromatic N) is 2. The van der Waals surface area contributed by atoms with Crippen molar-refractivity contribution in [1.82, 2.24) is 9.97 Å². The molecule has 0 bridgehead atoms. The lowest BCUT2D eigenvalue weighted by Gasteiger charge is -2.09. The lowest BCUT2D eigenvalue weighted by atomic mass is 10.2. The highest BCUT2D eigenvalue weighted by molar-refractivity contribution is 7.08. The van der Waals surface area contributed by atoms with Gasteiger partial charge in [-0.1, -0.05) is 0 Å². The van der Waals surface area contributed by atoms with Crippen LogP contribution in [-0.4, -0.2) is 9.97 Å². The molecule has 4 N–H and O–H groups in total. The minimum absolute atomic E-state index is 0.417. The molecule has 0 amide bonds. The average molecular weight is 249 g/mol. The Morgan fingerprint density at radius 1 is 1.29 bits per heavy atom. The summed E-state index contributed by atoms with van der Waals surface area (Å²) in [5.74, 6) is 6.50. The van der Waals surface area contributed by atoms with E-state index < -0.39 is 0 Å². The summed E-state index contributed by atoms with van der Waals surface area (Å²) in [6.07, 6.45) is 1.74. The molecule has 90 valence electrons. The van der Waals surface area contributed by atoms with Crippen LogP contribution in [0, 0.1) is 13.8 Å². The quantitative estimate of drug-likeness (QED) is 0.571. The molecule has 0 saturated carbocycles. The molecule has 0 aliphatic rings. The first-order valence-corrected chi connectivity index (χ1v) is 6.21. The Bertz CT molecular complexity index is 508. The largest absolute Gasteiger partial charge is 0.366 e. The van der Waals surface area contributed by atoms with Crippen LogP contribution < -0.4 is 16.6 Å². The molecule has 0 aromatic carbocycles. The van der Waals surface area contributed by atoms with Crippen LogP contribution >= 0.6 is 11.3 Å². The van der Waals surface area contributed by atoms with Crippen LogP contribution in [0.4, 0.5) is 11.8 Å². The lowest BCUT2D eigenvalue weighted by molar-refractivity contribution is 1.04. The zero-order valence-corrected chi connectivity index (χ0v) is 10.6. The molecule has 2 heterocycles. The standard InChI is InChI=1S/C11H15N5S/c1-7-3-14-11(16-12)15-10(7)13-4-9-6-17-5-8(9)2/h3,5-6H,4,12H2,1-2H3,(H2,13,14,15,16). The highest BCUT2D eigenvalue weighted by atomic mass is 32.1. The van der Waals surface area contributed by atoms with Gasteiger partial charge in [0.05, 0.1) is 0 Å². The normalized spacial score (nSPS) is 10.3. The maximum absolute atomic E-state index is 5.28. The molecule has 0 fully saturated rings. The van der Waals surface area contributed by atoms with Crippen molar-refractivity contribution in [2.45, 2.75) is 20.4 Å². The highest BCUT2D eigenvalue weighted by Crippen LogP contribution is 2.17. The summed E-state index contributed by atoms with van der Waals surface area (Å²) in [5, 5.41) is 7.57. The number of nitrogens with two attached hydrogens (primary N) is 1. The number of aryl methyl sites for hydroxylation is 2. The third-order valence-corrected chi connectivity index (χ3v) is 3.42. The molecule has 0 atom stereocenters. The highest BCUT2D eigenvalue weighted by Gasteiger charge is 2.04. The van der Waals surface area contributed by atoms with Gasteiger partial charge < -0.3 is 5.32 Å². The van der Waals surface area contributed by atoms with Gasteiger partial charge in [0.25, 0.3) is 0 Å². The van der Waals surface area contributed by atoms with Gasteiger partial charge in [-0.25, -0.2) is 10.8 Å². The number of thiophene rings is 1. The molecule has 2 aromatic heterocycles. The molecule has 0 radical (unpaired) electrons. The van der Waals surface area contributed by atoms with E-state index in [1.807, 2.05) is 6.92 Å². The Kier molecular flexibility index (Phi) is 3.55. The van der Waals surface area contributed by atoms with E-state index >= 15 is 0 Å². The second-order valence-corrected chi connectivity index (χ2v) is 4.55. The Labute approximate surface area is 104 Å². The maximum atomic E-state index is 5.28. The molecule has 0 spiro atoms. The molecule has 6 heteroatoms. The van der Waals surface area contributed by atoms with Gasteiger partial charge >= 0.3 is 0 Å². The number of hydrogen-bond donors (Lipinski definition) is 3. The van der Waals surface area contributed by atoms with Gasteiger partial charge in [0, 0.05) is 18.3 Å².